The van der Waals surface area contributed by atoms with E-state index in [-0.39, 0.29) is 0 Å². The number of hydrogen-bond donors (Lipinski definition) is 2. The number of nitrogens with one attached hydrogen (secondary N) is 1. The van der Waals surface area contributed by atoms with Crippen molar-refractivity contribution < 1.29 is 0 Å². The summed E-state index contributed by atoms with van der Waals surface area (Å²) in [6.07, 6.45) is 2.51. The Morgan fingerprint density at radius 2 is 1.94 bits per heavy atom. The smallest absolute Gasteiger partial charge is 0.0314 e. The van der Waals surface area contributed by atoms with E-state index in [4.69, 9.17) is 5.73 Å². The number of benzene rings is 1. The summed E-state index contributed by atoms with van der Waals surface area (Å²) >= 11 is 0. The van der Waals surface area contributed by atoms with Crippen LogP contribution in [0.4, 0.5) is 5.69 Å². The summed E-state index contributed by atoms with van der Waals surface area (Å²) in [5.41, 5.74) is 8.46. The zero-order valence-electron chi connectivity index (χ0n) is 11.2. The van der Waals surface area contributed by atoms with Crippen molar-refractivity contribution in [3.63, 3.8) is 0 Å². The fraction of sp³-hybridized carbons (Fsp3) is 0.600. The van der Waals surface area contributed by atoms with Crippen LogP contribution in [0.1, 0.15) is 45.1 Å². The van der Waals surface area contributed by atoms with Gasteiger partial charge in [-0.25, -0.2) is 0 Å². The van der Waals surface area contributed by atoms with Gasteiger partial charge in [0.25, 0.3) is 0 Å². The molecular formula is C15H24N2. The van der Waals surface area contributed by atoms with Crippen LogP contribution in [0.2, 0.25) is 0 Å². The number of nitrogen functional groups attached to an aromatic ring is 1. The van der Waals surface area contributed by atoms with Gasteiger partial charge in [0.15, 0.2) is 0 Å². The molecule has 1 fully saturated rings. The quantitative estimate of drug-likeness (QED) is 0.765. The van der Waals surface area contributed by atoms with E-state index in [1.807, 2.05) is 12.1 Å². The molecular weight excluding hydrogens is 208 g/mol. The SMILES string of the molecule is CC(CCNC1CC1(C)C)c1ccc(N)cc1. The van der Waals surface area contributed by atoms with Gasteiger partial charge < -0.3 is 11.1 Å². The molecule has 0 radical (unpaired) electrons. The van der Waals surface area contributed by atoms with E-state index < -0.39 is 0 Å². The Labute approximate surface area is 105 Å². The van der Waals surface area contributed by atoms with Crippen LogP contribution >= 0.6 is 0 Å². The molecule has 0 aromatic heterocycles. The third-order valence-electron chi connectivity index (χ3n) is 3.99. The van der Waals surface area contributed by atoms with E-state index in [9.17, 15) is 0 Å². The molecule has 1 saturated carbocycles. The Morgan fingerprint density at radius 1 is 1.35 bits per heavy atom. The molecule has 2 rings (SSSR count). The second-order valence-electron chi connectivity index (χ2n) is 6.06. The number of rotatable bonds is 5. The molecule has 2 heteroatoms. The van der Waals surface area contributed by atoms with Gasteiger partial charge in [0, 0.05) is 11.7 Å². The van der Waals surface area contributed by atoms with E-state index in [0.717, 1.165) is 18.3 Å². The molecule has 1 aliphatic rings. The second-order valence-corrected chi connectivity index (χ2v) is 6.06. The lowest BCUT2D eigenvalue weighted by Crippen LogP contribution is -2.22. The molecule has 1 aromatic carbocycles. The average Bonchev–Trinajstić information content (AvgIpc) is 2.87. The summed E-state index contributed by atoms with van der Waals surface area (Å²) in [7, 11) is 0. The predicted octanol–water partition coefficient (Wildman–Crippen LogP) is 3.15. The summed E-state index contributed by atoms with van der Waals surface area (Å²) in [4.78, 5) is 0. The van der Waals surface area contributed by atoms with Gasteiger partial charge in [0.1, 0.15) is 0 Å². The lowest BCUT2D eigenvalue weighted by Gasteiger charge is -2.13. The summed E-state index contributed by atoms with van der Waals surface area (Å²) in [5.74, 6) is 0.602. The highest BCUT2D eigenvalue weighted by Crippen LogP contribution is 2.44. The Balaban J connectivity index is 1.74. The third-order valence-corrected chi connectivity index (χ3v) is 3.99. The minimum atomic E-state index is 0.532. The largest absolute Gasteiger partial charge is 0.399 e. The molecule has 0 saturated heterocycles. The fourth-order valence-corrected chi connectivity index (χ4v) is 2.28. The van der Waals surface area contributed by atoms with Gasteiger partial charge >= 0.3 is 0 Å². The van der Waals surface area contributed by atoms with Crippen LogP contribution in [-0.2, 0) is 0 Å². The van der Waals surface area contributed by atoms with Crippen molar-refractivity contribution in [2.75, 3.05) is 12.3 Å². The second kappa shape index (κ2) is 4.69. The van der Waals surface area contributed by atoms with Gasteiger partial charge in [-0.2, -0.15) is 0 Å². The van der Waals surface area contributed by atoms with E-state index in [2.05, 4.69) is 38.2 Å². The lowest BCUT2D eigenvalue weighted by molar-refractivity contribution is 0.519. The highest BCUT2D eigenvalue weighted by Gasteiger charge is 2.44. The minimum Gasteiger partial charge on any atom is -0.399 e. The van der Waals surface area contributed by atoms with Gasteiger partial charge in [-0.3, -0.25) is 0 Å². The number of anilines is 1. The molecule has 0 aliphatic heterocycles. The molecule has 1 aliphatic carbocycles. The minimum absolute atomic E-state index is 0.532. The third kappa shape index (κ3) is 3.22. The van der Waals surface area contributed by atoms with Gasteiger partial charge in [0.2, 0.25) is 0 Å². The van der Waals surface area contributed by atoms with Crippen LogP contribution in [-0.4, -0.2) is 12.6 Å². The van der Waals surface area contributed by atoms with Gasteiger partial charge in [-0.1, -0.05) is 32.9 Å². The molecule has 0 bridgehead atoms. The molecule has 1 aromatic rings. The first-order valence-electron chi connectivity index (χ1n) is 6.58. The zero-order valence-corrected chi connectivity index (χ0v) is 11.2. The van der Waals surface area contributed by atoms with E-state index in [0.29, 0.717) is 11.3 Å². The van der Waals surface area contributed by atoms with Crippen molar-refractivity contribution >= 4 is 5.69 Å². The fourth-order valence-electron chi connectivity index (χ4n) is 2.28. The van der Waals surface area contributed by atoms with Crippen molar-refractivity contribution in [2.24, 2.45) is 5.41 Å². The topological polar surface area (TPSA) is 38.0 Å². The zero-order chi connectivity index (χ0) is 12.5. The van der Waals surface area contributed by atoms with Gasteiger partial charge in [-0.15, -0.1) is 0 Å². The Bertz CT molecular complexity index is 367. The maximum Gasteiger partial charge on any atom is 0.0314 e. The highest BCUT2D eigenvalue weighted by atomic mass is 15.0. The summed E-state index contributed by atoms with van der Waals surface area (Å²) in [5, 5.41) is 3.63. The van der Waals surface area contributed by atoms with Gasteiger partial charge in [-0.05, 0) is 48.4 Å². The molecule has 2 nitrogen and oxygen atoms in total. The van der Waals surface area contributed by atoms with Crippen LogP contribution in [0.3, 0.4) is 0 Å². The van der Waals surface area contributed by atoms with Crippen molar-refractivity contribution in [2.45, 2.75) is 45.6 Å². The van der Waals surface area contributed by atoms with Crippen LogP contribution in [0, 0.1) is 5.41 Å². The lowest BCUT2D eigenvalue weighted by atomic mass is 9.97. The highest BCUT2D eigenvalue weighted by molar-refractivity contribution is 5.40. The van der Waals surface area contributed by atoms with Crippen molar-refractivity contribution in [3.8, 4) is 0 Å². The van der Waals surface area contributed by atoms with Crippen molar-refractivity contribution in [3.05, 3.63) is 29.8 Å². The Kier molecular flexibility index (Phi) is 3.43. The number of hydrogen-bond acceptors (Lipinski definition) is 2. The van der Waals surface area contributed by atoms with E-state index >= 15 is 0 Å². The summed E-state index contributed by atoms with van der Waals surface area (Å²) in [6, 6.07) is 9.00. The molecule has 0 heterocycles. The summed E-state index contributed by atoms with van der Waals surface area (Å²) in [6.45, 7) is 8.05. The maximum atomic E-state index is 5.69. The van der Waals surface area contributed by atoms with Crippen LogP contribution in [0.15, 0.2) is 24.3 Å². The van der Waals surface area contributed by atoms with E-state index in [1.165, 1.54) is 18.4 Å². The first-order valence-corrected chi connectivity index (χ1v) is 6.58. The van der Waals surface area contributed by atoms with E-state index in [1.54, 1.807) is 0 Å². The molecule has 2 atom stereocenters. The predicted molar refractivity (Wildman–Crippen MR) is 74.1 cm³/mol. The normalized spacial score (nSPS) is 23.4. The average molecular weight is 232 g/mol. The molecule has 0 spiro atoms. The maximum absolute atomic E-state index is 5.69. The van der Waals surface area contributed by atoms with Crippen LogP contribution < -0.4 is 11.1 Å². The standard InChI is InChI=1S/C15H24N2/c1-11(12-4-6-13(16)7-5-12)8-9-17-14-10-15(14,2)3/h4-7,11,14,17H,8-10,16H2,1-3H3. The first kappa shape index (κ1) is 12.4. The van der Waals surface area contributed by atoms with Gasteiger partial charge in [0.05, 0.1) is 0 Å². The van der Waals surface area contributed by atoms with Crippen molar-refractivity contribution in [1.82, 2.24) is 5.32 Å². The molecule has 94 valence electrons. The monoisotopic (exact) mass is 232 g/mol. The van der Waals surface area contributed by atoms with Crippen LogP contribution in [0.5, 0.6) is 0 Å². The summed E-state index contributed by atoms with van der Waals surface area (Å²) < 4.78 is 0. The Hall–Kier alpha value is -1.02. The molecule has 17 heavy (non-hydrogen) atoms. The number of nitrogens with two attached hydrogens (primary N) is 1. The first-order chi connectivity index (χ1) is 7.99. The van der Waals surface area contributed by atoms with Crippen molar-refractivity contribution in [1.29, 1.82) is 0 Å². The molecule has 3 N–H and O–H groups in total. The van der Waals surface area contributed by atoms with Crippen LogP contribution in [0.25, 0.3) is 0 Å². The molecule has 0 amide bonds. The molecule has 2 unspecified atom stereocenters. The Morgan fingerprint density at radius 3 is 2.47 bits per heavy atom.